The van der Waals surface area contributed by atoms with Crippen LogP contribution in [0.2, 0.25) is 5.02 Å². The SMILES string of the molecule is CCn1nc(C)c(Cl)c1CNOCC(N)=O. The fourth-order valence-electron chi connectivity index (χ4n) is 1.28. The molecule has 0 radical (unpaired) electrons. The molecule has 1 aromatic rings. The Morgan fingerprint density at radius 1 is 1.69 bits per heavy atom. The molecule has 0 aromatic carbocycles. The normalized spacial score (nSPS) is 10.7. The molecule has 7 heteroatoms. The van der Waals surface area contributed by atoms with Gasteiger partial charge >= 0.3 is 0 Å². The molecule has 0 bridgehead atoms. The Morgan fingerprint density at radius 3 is 2.94 bits per heavy atom. The summed E-state index contributed by atoms with van der Waals surface area (Å²) in [5, 5.41) is 4.85. The number of carbonyl (C=O) groups is 1. The minimum atomic E-state index is -0.529. The molecule has 0 aliphatic rings. The fourth-order valence-corrected chi connectivity index (χ4v) is 1.48. The first kappa shape index (κ1) is 13.0. The summed E-state index contributed by atoms with van der Waals surface area (Å²) in [7, 11) is 0. The maximum absolute atomic E-state index is 10.4. The molecule has 0 atom stereocenters. The zero-order valence-corrected chi connectivity index (χ0v) is 10.0. The Kier molecular flexibility index (Phi) is 4.72. The molecule has 0 spiro atoms. The van der Waals surface area contributed by atoms with Crippen molar-refractivity contribution < 1.29 is 9.63 Å². The van der Waals surface area contributed by atoms with Gasteiger partial charge in [0.25, 0.3) is 0 Å². The summed E-state index contributed by atoms with van der Waals surface area (Å²) in [4.78, 5) is 15.3. The molecular formula is C9H15ClN4O2. The highest BCUT2D eigenvalue weighted by Crippen LogP contribution is 2.19. The van der Waals surface area contributed by atoms with E-state index in [2.05, 4.69) is 10.6 Å². The number of rotatable bonds is 6. The monoisotopic (exact) mass is 246 g/mol. The number of nitrogens with zero attached hydrogens (tertiary/aromatic N) is 2. The second kappa shape index (κ2) is 5.83. The lowest BCUT2D eigenvalue weighted by Crippen LogP contribution is -2.25. The van der Waals surface area contributed by atoms with Gasteiger partial charge in [-0.3, -0.25) is 14.3 Å². The maximum Gasteiger partial charge on any atom is 0.245 e. The van der Waals surface area contributed by atoms with Crippen LogP contribution in [0.15, 0.2) is 0 Å². The first-order valence-corrected chi connectivity index (χ1v) is 5.28. The number of amides is 1. The van der Waals surface area contributed by atoms with Crippen molar-refractivity contribution in [3.63, 3.8) is 0 Å². The lowest BCUT2D eigenvalue weighted by atomic mass is 10.3. The van der Waals surface area contributed by atoms with Crippen molar-refractivity contribution in [1.29, 1.82) is 0 Å². The molecule has 0 saturated carbocycles. The van der Waals surface area contributed by atoms with Gasteiger partial charge in [-0.2, -0.15) is 10.6 Å². The Labute approximate surface area is 98.7 Å². The quantitative estimate of drug-likeness (QED) is 0.561. The average molecular weight is 247 g/mol. The Bertz CT molecular complexity index is 378. The molecule has 1 rings (SSSR count). The number of nitrogens with two attached hydrogens (primary N) is 1. The minimum Gasteiger partial charge on any atom is -0.368 e. The molecule has 90 valence electrons. The van der Waals surface area contributed by atoms with E-state index in [4.69, 9.17) is 22.2 Å². The summed E-state index contributed by atoms with van der Waals surface area (Å²) in [6.07, 6.45) is 0. The van der Waals surface area contributed by atoms with Crippen LogP contribution >= 0.6 is 11.6 Å². The fraction of sp³-hybridized carbons (Fsp3) is 0.556. The Balaban J connectivity index is 2.55. The topological polar surface area (TPSA) is 82.2 Å². The first-order valence-electron chi connectivity index (χ1n) is 4.91. The zero-order chi connectivity index (χ0) is 12.1. The molecule has 1 amide bonds. The molecule has 0 fully saturated rings. The van der Waals surface area contributed by atoms with Crippen molar-refractivity contribution in [1.82, 2.24) is 15.3 Å². The smallest absolute Gasteiger partial charge is 0.245 e. The van der Waals surface area contributed by atoms with E-state index in [0.29, 0.717) is 11.6 Å². The van der Waals surface area contributed by atoms with Crippen molar-refractivity contribution in [2.45, 2.75) is 26.9 Å². The van der Waals surface area contributed by atoms with Crippen LogP contribution in [0.3, 0.4) is 0 Å². The van der Waals surface area contributed by atoms with Gasteiger partial charge in [0.1, 0.15) is 6.61 Å². The number of halogens is 1. The van der Waals surface area contributed by atoms with Crippen LogP contribution in [0.5, 0.6) is 0 Å². The van der Waals surface area contributed by atoms with Crippen LogP contribution in [0.1, 0.15) is 18.3 Å². The Hall–Kier alpha value is -1.11. The first-order chi connectivity index (χ1) is 7.56. The number of aryl methyl sites for hydroxylation is 2. The van der Waals surface area contributed by atoms with Crippen molar-refractivity contribution in [3.05, 3.63) is 16.4 Å². The van der Waals surface area contributed by atoms with Gasteiger partial charge in [0.2, 0.25) is 5.91 Å². The standard InChI is InChI=1S/C9H15ClN4O2/c1-3-14-7(9(10)6(2)13-14)4-12-16-5-8(11)15/h12H,3-5H2,1-2H3,(H2,11,15). The van der Waals surface area contributed by atoms with Gasteiger partial charge in [0.05, 0.1) is 23.0 Å². The number of aromatic nitrogens is 2. The van der Waals surface area contributed by atoms with Crippen LogP contribution in [-0.4, -0.2) is 22.3 Å². The highest BCUT2D eigenvalue weighted by molar-refractivity contribution is 6.31. The lowest BCUT2D eigenvalue weighted by molar-refractivity contribution is -0.125. The molecule has 1 heterocycles. The summed E-state index contributed by atoms with van der Waals surface area (Å²) in [5.74, 6) is -0.529. The number of primary amides is 1. The van der Waals surface area contributed by atoms with Crippen LogP contribution in [0.4, 0.5) is 0 Å². The van der Waals surface area contributed by atoms with Crippen LogP contribution in [0.25, 0.3) is 0 Å². The van der Waals surface area contributed by atoms with Crippen molar-refractivity contribution in [2.24, 2.45) is 5.73 Å². The molecule has 1 aromatic heterocycles. The predicted octanol–water partition coefficient (Wildman–Crippen LogP) is 0.371. The lowest BCUT2D eigenvalue weighted by Gasteiger charge is -2.06. The second-order valence-electron chi connectivity index (χ2n) is 3.24. The summed E-state index contributed by atoms with van der Waals surface area (Å²) in [6.45, 7) is 4.73. The van der Waals surface area contributed by atoms with Gasteiger partial charge in [-0.1, -0.05) is 11.6 Å². The van der Waals surface area contributed by atoms with Gasteiger partial charge in [-0.25, -0.2) is 0 Å². The number of hydrogen-bond acceptors (Lipinski definition) is 4. The molecule has 6 nitrogen and oxygen atoms in total. The van der Waals surface area contributed by atoms with E-state index in [0.717, 1.165) is 17.9 Å². The van der Waals surface area contributed by atoms with Gasteiger partial charge in [0, 0.05) is 6.54 Å². The molecule has 0 unspecified atom stereocenters. The van der Waals surface area contributed by atoms with Crippen molar-refractivity contribution in [3.8, 4) is 0 Å². The predicted molar refractivity (Wildman–Crippen MR) is 59.6 cm³/mol. The zero-order valence-electron chi connectivity index (χ0n) is 9.29. The van der Waals surface area contributed by atoms with Crippen LogP contribution in [-0.2, 0) is 22.7 Å². The van der Waals surface area contributed by atoms with Gasteiger partial charge in [0.15, 0.2) is 0 Å². The van der Waals surface area contributed by atoms with Gasteiger partial charge < -0.3 is 5.73 Å². The highest BCUT2D eigenvalue weighted by Gasteiger charge is 2.11. The van der Waals surface area contributed by atoms with Gasteiger partial charge in [-0.05, 0) is 13.8 Å². The van der Waals surface area contributed by atoms with Crippen molar-refractivity contribution in [2.75, 3.05) is 6.61 Å². The molecular weight excluding hydrogens is 232 g/mol. The van der Waals surface area contributed by atoms with E-state index in [1.807, 2.05) is 13.8 Å². The molecule has 16 heavy (non-hydrogen) atoms. The maximum atomic E-state index is 10.4. The summed E-state index contributed by atoms with van der Waals surface area (Å²) in [6, 6.07) is 0. The number of nitrogens with one attached hydrogen (secondary N) is 1. The second-order valence-corrected chi connectivity index (χ2v) is 3.62. The highest BCUT2D eigenvalue weighted by atomic mass is 35.5. The van der Waals surface area contributed by atoms with Crippen LogP contribution in [0, 0.1) is 6.92 Å². The van der Waals surface area contributed by atoms with E-state index >= 15 is 0 Å². The van der Waals surface area contributed by atoms with E-state index < -0.39 is 5.91 Å². The number of carbonyl (C=O) groups excluding carboxylic acids is 1. The Morgan fingerprint density at radius 2 is 2.38 bits per heavy atom. The summed E-state index contributed by atoms with van der Waals surface area (Å²) >= 11 is 6.06. The largest absolute Gasteiger partial charge is 0.368 e. The van der Waals surface area contributed by atoms with E-state index in [1.54, 1.807) is 4.68 Å². The van der Waals surface area contributed by atoms with E-state index in [9.17, 15) is 4.79 Å². The van der Waals surface area contributed by atoms with E-state index in [1.165, 1.54) is 0 Å². The number of hydrogen-bond donors (Lipinski definition) is 2. The molecule has 0 aliphatic heterocycles. The van der Waals surface area contributed by atoms with Gasteiger partial charge in [-0.15, -0.1) is 0 Å². The number of hydroxylamine groups is 1. The average Bonchev–Trinajstić information content (AvgIpc) is 2.50. The minimum absolute atomic E-state index is 0.170. The van der Waals surface area contributed by atoms with E-state index in [-0.39, 0.29) is 6.61 Å². The molecule has 0 aliphatic carbocycles. The third kappa shape index (κ3) is 3.19. The summed E-state index contributed by atoms with van der Waals surface area (Å²) < 4.78 is 1.78. The third-order valence-electron chi connectivity index (χ3n) is 2.01. The van der Waals surface area contributed by atoms with Crippen molar-refractivity contribution >= 4 is 17.5 Å². The third-order valence-corrected chi connectivity index (χ3v) is 2.50. The molecule has 3 N–H and O–H groups in total. The van der Waals surface area contributed by atoms with Crippen LogP contribution < -0.4 is 11.2 Å². The summed E-state index contributed by atoms with van der Waals surface area (Å²) in [5.41, 5.74) is 9.13. The molecule has 0 saturated heterocycles.